The van der Waals surface area contributed by atoms with E-state index in [0.717, 1.165) is 32.6 Å². The molecule has 0 aromatic rings. The van der Waals surface area contributed by atoms with Gasteiger partial charge in [-0.2, -0.15) is 5.26 Å². The predicted octanol–water partition coefficient (Wildman–Crippen LogP) is 1.61. The van der Waals surface area contributed by atoms with Crippen molar-refractivity contribution in [2.24, 2.45) is 0 Å². The van der Waals surface area contributed by atoms with E-state index in [-0.39, 0.29) is 0 Å². The van der Waals surface area contributed by atoms with E-state index in [4.69, 9.17) is 5.26 Å². The minimum Gasteiger partial charge on any atom is -0.312 e. The maximum absolute atomic E-state index is 8.57. The molecule has 0 radical (unpaired) electrons. The summed E-state index contributed by atoms with van der Waals surface area (Å²) in [6.45, 7) is 10.7. The normalized spacial score (nSPS) is 12.8. The molecule has 3 nitrogen and oxygen atoms in total. The van der Waals surface area contributed by atoms with E-state index in [1.165, 1.54) is 0 Å². The second kappa shape index (κ2) is 8.98. The third kappa shape index (κ3) is 5.95. The van der Waals surface area contributed by atoms with Crippen molar-refractivity contribution in [3.63, 3.8) is 0 Å². The molecule has 0 saturated heterocycles. The van der Waals surface area contributed by atoms with Crippen LogP contribution in [0.2, 0.25) is 0 Å². The summed E-state index contributed by atoms with van der Waals surface area (Å²) in [5.74, 6) is 0. The average molecular weight is 197 g/mol. The molecule has 14 heavy (non-hydrogen) atoms. The van der Waals surface area contributed by atoms with E-state index in [1.54, 1.807) is 0 Å². The van der Waals surface area contributed by atoms with Gasteiger partial charge in [-0.25, -0.2) is 0 Å². The van der Waals surface area contributed by atoms with Gasteiger partial charge in [0, 0.05) is 19.1 Å². The molecule has 0 rings (SSSR count). The van der Waals surface area contributed by atoms with Crippen LogP contribution in [0.4, 0.5) is 0 Å². The molecule has 0 aliphatic heterocycles. The summed E-state index contributed by atoms with van der Waals surface area (Å²) in [4.78, 5) is 2.38. The Balaban J connectivity index is 3.55. The Hall–Kier alpha value is -0.590. The molecule has 0 aromatic carbocycles. The SMILES string of the molecule is CCC(CC#N)NCCN(CC)CC. The average Bonchev–Trinajstić information content (AvgIpc) is 2.23. The molecular weight excluding hydrogens is 174 g/mol. The number of rotatable bonds is 8. The third-order valence-corrected chi connectivity index (χ3v) is 2.59. The summed E-state index contributed by atoms with van der Waals surface area (Å²) in [7, 11) is 0. The topological polar surface area (TPSA) is 39.1 Å². The van der Waals surface area contributed by atoms with Crippen LogP contribution in [0, 0.1) is 11.3 Å². The molecule has 0 aromatic heterocycles. The second-order valence-electron chi connectivity index (χ2n) is 3.45. The summed E-state index contributed by atoms with van der Waals surface area (Å²) >= 11 is 0. The van der Waals surface area contributed by atoms with Crippen LogP contribution in [0.25, 0.3) is 0 Å². The van der Waals surface area contributed by atoms with Crippen LogP contribution in [-0.4, -0.2) is 37.1 Å². The molecule has 0 bridgehead atoms. The highest BCUT2D eigenvalue weighted by atomic mass is 15.1. The summed E-state index contributed by atoms with van der Waals surface area (Å²) in [5.41, 5.74) is 0. The van der Waals surface area contributed by atoms with Crippen molar-refractivity contribution in [2.75, 3.05) is 26.2 Å². The maximum atomic E-state index is 8.57. The van der Waals surface area contributed by atoms with Crippen LogP contribution in [-0.2, 0) is 0 Å². The lowest BCUT2D eigenvalue weighted by molar-refractivity contribution is 0.295. The van der Waals surface area contributed by atoms with Crippen LogP contribution >= 0.6 is 0 Å². The zero-order valence-electron chi connectivity index (χ0n) is 9.71. The van der Waals surface area contributed by atoms with E-state index in [0.29, 0.717) is 12.5 Å². The smallest absolute Gasteiger partial charge is 0.0638 e. The fourth-order valence-electron chi connectivity index (χ4n) is 1.44. The zero-order valence-corrected chi connectivity index (χ0v) is 9.71. The first-order chi connectivity index (χ1) is 6.78. The van der Waals surface area contributed by atoms with Crippen molar-refractivity contribution in [1.29, 1.82) is 5.26 Å². The number of hydrogen-bond acceptors (Lipinski definition) is 3. The van der Waals surface area contributed by atoms with Gasteiger partial charge in [0.25, 0.3) is 0 Å². The highest BCUT2D eigenvalue weighted by Gasteiger charge is 2.04. The van der Waals surface area contributed by atoms with Crippen molar-refractivity contribution in [3.05, 3.63) is 0 Å². The largest absolute Gasteiger partial charge is 0.312 e. The number of likely N-dealkylation sites (N-methyl/N-ethyl adjacent to an activating group) is 1. The monoisotopic (exact) mass is 197 g/mol. The van der Waals surface area contributed by atoms with E-state index in [2.05, 4.69) is 37.1 Å². The van der Waals surface area contributed by atoms with Crippen molar-refractivity contribution in [1.82, 2.24) is 10.2 Å². The Morgan fingerprint density at radius 1 is 1.29 bits per heavy atom. The van der Waals surface area contributed by atoms with E-state index in [9.17, 15) is 0 Å². The Kier molecular flexibility index (Phi) is 8.61. The van der Waals surface area contributed by atoms with Crippen LogP contribution in [0.15, 0.2) is 0 Å². The molecule has 3 heteroatoms. The van der Waals surface area contributed by atoms with Gasteiger partial charge in [-0.15, -0.1) is 0 Å². The second-order valence-corrected chi connectivity index (χ2v) is 3.45. The lowest BCUT2D eigenvalue weighted by Crippen LogP contribution is -2.36. The van der Waals surface area contributed by atoms with Crippen molar-refractivity contribution >= 4 is 0 Å². The van der Waals surface area contributed by atoms with Crippen LogP contribution < -0.4 is 5.32 Å². The molecule has 0 fully saturated rings. The molecule has 0 aliphatic rings. The van der Waals surface area contributed by atoms with E-state index in [1.807, 2.05) is 0 Å². The van der Waals surface area contributed by atoms with Crippen LogP contribution in [0.5, 0.6) is 0 Å². The molecule has 0 spiro atoms. The standard InChI is InChI=1S/C11H23N3/c1-4-11(7-8-12)13-9-10-14(5-2)6-3/h11,13H,4-7,9-10H2,1-3H3. The molecule has 0 amide bonds. The van der Waals surface area contributed by atoms with Crippen LogP contribution in [0.1, 0.15) is 33.6 Å². The zero-order chi connectivity index (χ0) is 10.8. The van der Waals surface area contributed by atoms with Gasteiger partial charge in [0.2, 0.25) is 0 Å². The van der Waals surface area contributed by atoms with Gasteiger partial charge in [-0.05, 0) is 19.5 Å². The summed E-state index contributed by atoms with van der Waals surface area (Å²) in [6.07, 6.45) is 1.65. The van der Waals surface area contributed by atoms with Gasteiger partial charge in [0.1, 0.15) is 0 Å². The number of hydrogen-bond donors (Lipinski definition) is 1. The van der Waals surface area contributed by atoms with Crippen LogP contribution in [0.3, 0.4) is 0 Å². The summed E-state index contributed by atoms with van der Waals surface area (Å²) < 4.78 is 0. The highest BCUT2D eigenvalue weighted by molar-refractivity contribution is 4.79. The van der Waals surface area contributed by atoms with Crippen molar-refractivity contribution < 1.29 is 0 Å². The molecular formula is C11H23N3. The third-order valence-electron chi connectivity index (χ3n) is 2.59. The fourth-order valence-corrected chi connectivity index (χ4v) is 1.44. The van der Waals surface area contributed by atoms with Gasteiger partial charge >= 0.3 is 0 Å². The van der Waals surface area contributed by atoms with E-state index < -0.39 is 0 Å². The Morgan fingerprint density at radius 2 is 1.93 bits per heavy atom. The Bertz CT molecular complexity index is 158. The van der Waals surface area contributed by atoms with E-state index >= 15 is 0 Å². The minimum atomic E-state index is 0.371. The molecule has 1 unspecified atom stereocenters. The lowest BCUT2D eigenvalue weighted by Gasteiger charge is -2.20. The minimum absolute atomic E-state index is 0.371. The lowest BCUT2D eigenvalue weighted by atomic mass is 10.2. The molecule has 1 atom stereocenters. The number of nitrogens with zero attached hydrogens (tertiary/aromatic N) is 2. The molecule has 82 valence electrons. The molecule has 1 N–H and O–H groups in total. The summed E-state index contributed by atoms with van der Waals surface area (Å²) in [6, 6.07) is 2.58. The number of nitrogens with one attached hydrogen (secondary N) is 1. The van der Waals surface area contributed by atoms with Gasteiger partial charge in [0.05, 0.1) is 12.5 Å². The molecule has 0 aliphatic carbocycles. The number of nitriles is 1. The van der Waals surface area contributed by atoms with Crippen molar-refractivity contribution in [3.8, 4) is 6.07 Å². The van der Waals surface area contributed by atoms with Gasteiger partial charge in [0.15, 0.2) is 0 Å². The Labute approximate surface area is 88.1 Å². The predicted molar refractivity (Wildman–Crippen MR) is 60.1 cm³/mol. The quantitative estimate of drug-likeness (QED) is 0.642. The first-order valence-corrected chi connectivity index (χ1v) is 5.61. The fraction of sp³-hybridized carbons (Fsp3) is 0.909. The van der Waals surface area contributed by atoms with Gasteiger partial charge in [-0.3, -0.25) is 0 Å². The maximum Gasteiger partial charge on any atom is 0.0638 e. The highest BCUT2D eigenvalue weighted by Crippen LogP contribution is 1.95. The van der Waals surface area contributed by atoms with Gasteiger partial charge < -0.3 is 10.2 Å². The van der Waals surface area contributed by atoms with Gasteiger partial charge in [-0.1, -0.05) is 20.8 Å². The molecule has 0 heterocycles. The molecule has 0 saturated carbocycles. The Morgan fingerprint density at radius 3 is 2.36 bits per heavy atom. The van der Waals surface area contributed by atoms with Crippen molar-refractivity contribution in [2.45, 2.75) is 39.7 Å². The summed E-state index contributed by atoms with van der Waals surface area (Å²) in [5, 5.41) is 12.0. The first kappa shape index (κ1) is 13.4. The first-order valence-electron chi connectivity index (χ1n) is 5.61.